The Kier molecular flexibility index (Phi) is 3.21. The molecule has 2 heterocycles. The molecule has 0 saturated carbocycles. The van der Waals surface area contributed by atoms with E-state index >= 15 is 0 Å². The first-order chi connectivity index (χ1) is 9.76. The lowest BCUT2D eigenvalue weighted by Gasteiger charge is -2.06. The minimum atomic E-state index is 0.527. The molecule has 4 nitrogen and oxygen atoms in total. The molecule has 100 valence electrons. The summed E-state index contributed by atoms with van der Waals surface area (Å²) in [7, 11) is 1.66. The highest BCUT2D eigenvalue weighted by Crippen LogP contribution is 2.20. The lowest BCUT2D eigenvalue weighted by atomic mass is 10.1. The molecule has 0 saturated heterocycles. The molecular weight excluding hydrogens is 250 g/mol. The van der Waals surface area contributed by atoms with Gasteiger partial charge < -0.3 is 10.5 Å². The number of benzene rings is 1. The lowest BCUT2D eigenvalue weighted by molar-refractivity contribution is 0.414. The smallest absolute Gasteiger partial charge is 0.133 e. The van der Waals surface area contributed by atoms with Gasteiger partial charge in [0.1, 0.15) is 11.6 Å². The number of nitrogens with zero attached hydrogens (tertiary/aromatic N) is 2. The minimum absolute atomic E-state index is 0.527. The highest BCUT2D eigenvalue weighted by atomic mass is 16.5. The van der Waals surface area contributed by atoms with Gasteiger partial charge in [-0.3, -0.25) is 4.98 Å². The van der Waals surface area contributed by atoms with E-state index < -0.39 is 0 Å². The first-order valence-electron chi connectivity index (χ1n) is 6.39. The molecule has 20 heavy (non-hydrogen) atoms. The lowest BCUT2D eigenvalue weighted by Crippen LogP contribution is -1.99. The second-order valence-corrected chi connectivity index (χ2v) is 4.59. The monoisotopic (exact) mass is 265 g/mol. The Morgan fingerprint density at radius 1 is 1.15 bits per heavy atom. The molecule has 0 aliphatic rings. The predicted octanol–water partition coefficient (Wildman–Crippen LogP) is 2.81. The van der Waals surface area contributed by atoms with E-state index in [2.05, 4.69) is 9.97 Å². The summed E-state index contributed by atoms with van der Waals surface area (Å²) in [6.07, 6.45) is 2.49. The van der Waals surface area contributed by atoms with E-state index in [0.717, 1.165) is 34.3 Å². The maximum Gasteiger partial charge on any atom is 0.133 e. The second kappa shape index (κ2) is 5.17. The van der Waals surface area contributed by atoms with Crippen LogP contribution < -0.4 is 10.5 Å². The van der Waals surface area contributed by atoms with Gasteiger partial charge in [0.05, 0.1) is 12.6 Å². The number of nitrogen functional groups attached to an aromatic ring is 1. The molecule has 0 bridgehead atoms. The average molecular weight is 265 g/mol. The van der Waals surface area contributed by atoms with E-state index in [9.17, 15) is 0 Å². The van der Waals surface area contributed by atoms with Gasteiger partial charge in [-0.2, -0.15) is 0 Å². The number of nitrogens with two attached hydrogens (primary N) is 1. The topological polar surface area (TPSA) is 61.0 Å². The fraction of sp³-hybridized carbons (Fsp3) is 0.125. The zero-order valence-corrected chi connectivity index (χ0v) is 11.2. The van der Waals surface area contributed by atoms with Crippen molar-refractivity contribution >= 4 is 16.7 Å². The van der Waals surface area contributed by atoms with Crippen molar-refractivity contribution in [3.63, 3.8) is 0 Å². The molecule has 0 amide bonds. The molecule has 0 spiro atoms. The van der Waals surface area contributed by atoms with Crippen LogP contribution in [0.15, 0.2) is 48.7 Å². The van der Waals surface area contributed by atoms with Crippen LogP contribution in [-0.4, -0.2) is 17.1 Å². The van der Waals surface area contributed by atoms with Gasteiger partial charge in [-0.25, -0.2) is 4.98 Å². The number of ether oxygens (including phenoxy) is 1. The van der Waals surface area contributed by atoms with Crippen LogP contribution in [0, 0.1) is 0 Å². The van der Waals surface area contributed by atoms with Gasteiger partial charge in [-0.1, -0.05) is 12.1 Å². The van der Waals surface area contributed by atoms with Crippen molar-refractivity contribution in [2.45, 2.75) is 6.42 Å². The summed E-state index contributed by atoms with van der Waals surface area (Å²) in [5.41, 5.74) is 8.94. The molecule has 0 atom stereocenters. The molecule has 2 N–H and O–H groups in total. The Morgan fingerprint density at radius 3 is 2.70 bits per heavy atom. The number of fused-ring (bicyclic) bond motifs is 1. The molecule has 0 unspecified atom stereocenters. The van der Waals surface area contributed by atoms with E-state index in [0.29, 0.717) is 5.82 Å². The van der Waals surface area contributed by atoms with Crippen LogP contribution in [0.3, 0.4) is 0 Å². The number of hydrogen-bond acceptors (Lipinski definition) is 4. The molecule has 3 rings (SSSR count). The Balaban J connectivity index is 1.93. The average Bonchev–Trinajstić information content (AvgIpc) is 2.48. The largest absolute Gasteiger partial charge is 0.497 e. The standard InChI is InChI=1S/C16H15N3O/c1-20-13-6-4-11(5-7-13)9-12-10-15-14(16(17)19-12)3-2-8-18-15/h2-8,10H,9H2,1H3,(H2,17,19). The molecular formula is C16H15N3O. The van der Waals surface area contributed by atoms with Crippen LogP contribution in [0.2, 0.25) is 0 Å². The van der Waals surface area contributed by atoms with Gasteiger partial charge in [0.15, 0.2) is 0 Å². The van der Waals surface area contributed by atoms with Crippen molar-refractivity contribution in [2.75, 3.05) is 12.8 Å². The Bertz CT molecular complexity index is 738. The number of pyridine rings is 2. The maximum absolute atomic E-state index is 5.99. The summed E-state index contributed by atoms with van der Waals surface area (Å²) in [6.45, 7) is 0. The molecule has 4 heteroatoms. The van der Waals surface area contributed by atoms with Crippen molar-refractivity contribution in [3.05, 3.63) is 59.9 Å². The summed E-state index contributed by atoms with van der Waals surface area (Å²) >= 11 is 0. The van der Waals surface area contributed by atoms with Crippen LogP contribution in [0.1, 0.15) is 11.3 Å². The number of aromatic nitrogens is 2. The van der Waals surface area contributed by atoms with Gasteiger partial charge in [0.25, 0.3) is 0 Å². The molecule has 0 radical (unpaired) electrons. The van der Waals surface area contributed by atoms with E-state index in [1.165, 1.54) is 0 Å². The number of rotatable bonds is 3. The summed E-state index contributed by atoms with van der Waals surface area (Å²) in [5.74, 6) is 1.38. The third-order valence-corrected chi connectivity index (χ3v) is 3.23. The van der Waals surface area contributed by atoms with Crippen LogP contribution in [0.4, 0.5) is 5.82 Å². The van der Waals surface area contributed by atoms with Gasteiger partial charge >= 0.3 is 0 Å². The van der Waals surface area contributed by atoms with Crippen molar-refractivity contribution < 1.29 is 4.74 Å². The van der Waals surface area contributed by atoms with Gasteiger partial charge in [-0.05, 0) is 35.9 Å². The summed E-state index contributed by atoms with van der Waals surface area (Å²) in [4.78, 5) is 8.78. The molecule has 2 aromatic heterocycles. The van der Waals surface area contributed by atoms with Crippen molar-refractivity contribution in [2.24, 2.45) is 0 Å². The highest BCUT2D eigenvalue weighted by Gasteiger charge is 2.05. The Hall–Kier alpha value is -2.62. The molecule has 0 aliphatic heterocycles. The van der Waals surface area contributed by atoms with Crippen molar-refractivity contribution in [1.29, 1.82) is 0 Å². The predicted molar refractivity (Wildman–Crippen MR) is 79.8 cm³/mol. The summed E-state index contributed by atoms with van der Waals surface area (Å²) in [6, 6.07) is 13.7. The second-order valence-electron chi connectivity index (χ2n) is 4.59. The van der Waals surface area contributed by atoms with Crippen molar-refractivity contribution in [3.8, 4) is 5.75 Å². The van der Waals surface area contributed by atoms with Gasteiger partial charge in [0.2, 0.25) is 0 Å². The number of hydrogen-bond donors (Lipinski definition) is 1. The molecule has 1 aromatic carbocycles. The van der Waals surface area contributed by atoms with Crippen molar-refractivity contribution in [1.82, 2.24) is 9.97 Å². The summed E-state index contributed by atoms with van der Waals surface area (Å²) in [5, 5.41) is 0.894. The first-order valence-corrected chi connectivity index (χ1v) is 6.39. The van der Waals surface area contributed by atoms with E-state index in [1.807, 2.05) is 42.5 Å². The number of anilines is 1. The SMILES string of the molecule is COc1ccc(Cc2cc3ncccc3c(N)n2)cc1. The van der Waals surface area contributed by atoms with E-state index in [4.69, 9.17) is 10.5 Å². The third-order valence-electron chi connectivity index (χ3n) is 3.23. The van der Waals surface area contributed by atoms with E-state index in [-0.39, 0.29) is 0 Å². The quantitative estimate of drug-likeness (QED) is 0.791. The van der Waals surface area contributed by atoms with Crippen LogP contribution >= 0.6 is 0 Å². The minimum Gasteiger partial charge on any atom is -0.497 e. The zero-order chi connectivity index (χ0) is 13.9. The van der Waals surface area contributed by atoms with E-state index in [1.54, 1.807) is 13.3 Å². The van der Waals surface area contributed by atoms with Gasteiger partial charge in [-0.15, -0.1) is 0 Å². The fourth-order valence-electron chi connectivity index (χ4n) is 2.20. The number of methoxy groups -OCH3 is 1. The van der Waals surface area contributed by atoms with Crippen LogP contribution in [-0.2, 0) is 6.42 Å². The highest BCUT2D eigenvalue weighted by molar-refractivity contribution is 5.88. The fourth-order valence-corrected chi connectivity index (χ4v) is 2.20. The molecule has 0 fully saturated rings. The zero-order valence-electron chi connectivity index (χ0n) is 11.2. The Labute approximate surface area is 117 Å². The Morgan fingerprint density at radius 2 is 1.95 bits per heavy atom. The first kappa shape index (κ1) is 12.4. The van der Waals surface area contributed by atoms with Crippen LogP contribution in [0.25, 0.3) is 10.9 Å². The van der Waals surface area contributed by atoms with Crippen LogP contribution in [0.5, 0.6) is 5.75 Å². The molecule has 3 aromatic rings. The third kappa shape index (κ3) is 2.40. The maximum atomic E-state index is 5.99. The van der Waals surface area contributed by atoms with Gasteiger partial charge in [0, 0.05) is 23.7 Å². The summed E-state index contributed by atoms with van der Waals surface area (Å²) < 4.78 is 5.15. The molecule has 0 aliphatic carbocycles. The normalized spacial score (nSPS) is 10.7.